The molecular formula is C16H25ClN2O2. The fraction of sp³-hybridized carbons (Fsp3) is 0.562. The zero-order chi connectivity index (χ0) is 15.5. The first-order chi connectivity index (χ1) is 10.2. The Hall–Kier alpha value is -1.26. The molecule has 4 nitrogen and oxygen atoms in total. The summed E-state index contributed by atoms with van der Waals surface area (Å²) >= 11 is 5.98. The topological polar surface area (TPSA) is 64.3 Å². The summed E-state index contributed by atoms with van der Waals surface area (Å²) in [5, 5.41) is 3.46. The van der Waals surface area contributed by atoms with Gasteiger partial charge in [-0.25, -0.2) is 0 Å². The number of hydrogen-bond acceptors (Lipinski definition) is 3. The van der Waals surface area contributed by atoms with Gasteiger partial charge in [-0.2, -0.15) is 0 Å². The molecule has 0 aromatic heterocycles. The first kappa shape index (κ1) is 17.8. The van der Waals surface area contributed by atoms with Crippen LogP contribution in [-0.2, 0) is 4.79 Å². The Kier molecular flexibility index (Phi) is 8.87. The minimum atomic E-state index is -0.00800. The van der Waals surface area contributed by atoms with Gasteiger partial charge in [-0.05, 0) is 44.0 Å². The third-order valence-corrected chi connectivity index (χ3v) is 3.27. The molecule has 1 aromatic carbocycles. The van der Waals surface area contributed by atoms with Crippen LogP contribution in [0.5, 0.6) is 5.75 Å². The number of rotatable bonds is 10. The molecule has 3 N–H and O–H groups in total. The fourth-order valence-corrected chi connectivity index (χ4v) is 2.11. The van der Waals surface area contributed by atoms with E-state index in [1.54, 1.807) is 18.2 Å². The highest BCUT2D eigenvalue weighted by atomic mass is 35.5. The molecule has 0 aliphatic rings. The maximum Gasteiger partial charge on any atom is 0.224 e. The summed E-state index contributed by atoms with van der Waals surface area (Å²) in [6.07, 6.45) is 5.41. The molecule has 0 saturated carbocycles. The third kappa shape index (κ3) is 7.34. The summed E-state index contributed by atoms with van der Waals surface area (Å²) in [5.74, 6) is 0.657. The molecule has 0 aliphatic heterocycles. The quantitative estimate of drug-likeness (QED) is 0.642. The average molecular weight is 313 g/mol. The number of carbonyl (C=O) groups is 1. The Labute approximate surface area is 132 Å². The second kappa shape index (κ2) is 10.5. The monoisotopic (exact) mass is 312 g/mol. The first-order valence-corrected chi connectivity index (χ1v) is 7.97. The minimum absolute atomic E-state index is 0.00800. The van der Waals surface area contributed by atoms with Crippen LogP contribution in [0.2, 0.25) is 5.02 Å². The van der Waals surface area contributed by atoms with Crippen molar-refractivity contribution in [3.05, 3.63) is 23.2 Å². The summed E-state index contributed by atoms with van der Waals surface area (Å²) in [7, 11) is 0. The SMILES string of the molecule is CCCOc1ccc(Cl)cc1NC(=O)CCCCCCN. The third-order valence-electron chi connectivity index (χ3n) is 3.04. The zero-order valence-electron chi connectivity index (χ0n) is 12.7. The Bertz CT molecular complexity index is 438. The molecule has 5 heteroatoms. The lowest BCUT2D eigenvalue weighted by Gasteiger charge is -2.12. The van der Waals surface area contributed by atoms with Crippen LogP contribution in [0.3, 0.4) is 0 Å². The summed E-state index contributed by atoms with van der Waals surface area (Å²) in [4.78, 5) is 11.9. The molecule has 21 heavy (non-hydrogen) atoms. The Morgan fingerprint density at radius 1 is 1.29 bits per heavy atom. The highest BCUT2D eigenvalue weighted by molar-refractivity contribution is 6.31. The molecule has 0 aliphatic carbocycles. The Balaban J connectivity index is 2.48. The number of benzene rings is 1. The van der Waals surface area contributed by atoms with E-state index in [1.165, 1.54) is 0 Å². The summed E-state index contributed by atoms with van der Waals surface area (Å²) in [5.41, 5.74) is 6.08. The summed E-state index contributed by atoms with van der Waals surface area (Å²) < 4.78 is 5.61. The number of nitrogens with two attached hydrogens (primary N) is 1. The maximum atomic E-state index is 11.9. The standard InChI is InChI=1S/C16H25ClN2O2/c1-2-11-21-15-9-8-13(17)12-14(15)19-16(20)7-5-3-4-6-10-18/h8-9,12H,2-7,10-11,18H2,1H3,(H,19,20). The highest BCUT2D eigenvalue weighted by Gasteiger charge is 2.08. The van der Waals surface area contributed by atoms with Crippen molar-refractivity contribution >= 4 is 23.2 Å². The molecule has 0 unspecified atom stereocenters. The van der Waals surface area contributed by atoms with Crippen molar-refractivity contribution in [3.8, 4) is 5.75 Å². The van der Waals surface area contributed by atoms with Crippen LogP contribution < -0.4 is 15.8 Å². The lowest BCUT2D eigenvalue weighted by Crippen LogP contribution is -2.12. The van der Waals surface area contributed by atoms with Gasteiger partial charge >= 0.3 is 0 Å². The van der Waals surface area contributed by atoms with E-state index in [2.05, 4.69) is 5.32 Å². The van der Waals surface area contributed by atoms with Crippen molar-refractivity contribution in [2.24, 2.45) is 5.73 Å². The number of carbonyl (C=O) groups excluding carboxylic acids is 1. The van der Waals surface area contributed by atoms with E-state index in [9.17, 15) is 4.79 Å². The van der Waals surface area contributed by atoms with Gasteiger partial charge in [0.25, 0.3) is 0 Å². The van der Waals surface area contributed by atoms with Gasteiger partial charge in [0, 0.05) is 11.4 Å². The van der Waals surface area contributed by atoms with Gasteiger partial charge < -0.3 is 15.8 Å². The number of anilines is 1. The highest BCUT2D eigenvalue weighted by Crippen LogP contribution is 2.28. The predicted molar refractivity (Wildman–Crippen MR) is 88.0 cm³/mol. The van der Waals surface area contributed by atoms with E-state index in [0.717, 1.165) is 32.1 Å². The lowest BCUT2D eigenvalue weighted by molar-refractivity contribution is -0.116. The molecule has 1 aromatic rings. The van der Waals surface area contributed by atoms with Crippen molar-refractivity contribution in [2.45, 2.75) is 45.4 Å². The molecule has 0 radical (unpaired) electrons. The van der Waals surface area contributed by atoms with Crippen LogP contribution in [0.25, 0.3) is 0 Å². The van der Waals surface area contributed by atoms with E-state index in [1.807, 2.05) is 6.92 Å². The number of hydrogen-bond donors (Lipinski definition) is 2. The van der Waals surface area contributed by atoms with Crippen LogP contribution in [0, 0.1) is 0 Å². The largest absolute Gasteiger partial charge is 0.491 e. The first-order valence-electron chi connectivity index (χ1n) is 7.59. The second-order valence-corrected chi connectivity index (χ2v) is 5.43. The summed E-state index contributed by atoms with van der Waals surface area (Å²) in [6.45, 7) is 3.37. The number of amides is 1. The number of unbranched alkanes of at least 4 members (excludes halogenated alkanes) is 3. The van der Waals surface area contributed by atoms with Crippen LogP contribution in [0.4, 0.5) is 5.69 Å². The predicted octanol–water partition coefficient (Wildman–Crippen LogP) is 3.98. The Morgan fingerprint density at radius 3 is 2.76 bits per heavy atom. The van der Waals surface area contributed by atoms with Gasteiger partial charge in [0.2, 0.25) is 5.91 Å². The normalized spacial score (nSPS) is 10.4. The van der Waals surface area contributed by atoms with Gasteiger partial charge in [-0.15, -0.1) is 0 Å². The van der Waals surface area contributed by atoms with Crippen LogP contribution in [-0.4, -0.2) is 19.1 Å². The van der Waals surface area contributed by atoms with Crippen molar-refractivity contribution in [1.82, 2.24) is 0 Å². The van der Waals surface area contributed by atoms with Gasteiger partial charge in [-0.1, -0.05) is 31.4 Å². The van der Waals surface area contributed by atoms with Crippen molar-refractivity contribution < 1.29 is 9.53 Å². The van der Waals surface area contributed by atoms with Crippen molar-refractivity contribution in [1.29, 1.82) is 0 Å². The fourth-order valence-electron chi connectivity index (χ4n) is 1.93. The molecule has 1 rings (SSSR count). The van der Waals surface area contributed by atoms with Crippen LogP contribution in [0.1, 0.15) is 45.4 Å². The molecule has 0 fully saturated rings. The van der Waals surface area contributed by atoms with Crippen molar-refractivity contribution in [2.75, 3.05) is 18.5 Å². The summed E-state index contributed by atoms with van der Waals surface area (Å²) in [6, 6.07) is 5.27. The molecule has 0 spiro atoms. The molecular weight excluding hydrogens is 288 g/mol. The smallest absolute Gasteiger partial charge is 0.224 e. The Morgan fingerprint density at radius 2 is 2.05 bits per heavy atom. The van der Waals surface area contributed by atoms with Gasteiger partial charge in [0.15, 0.2) is 0 Å². The van der Waals surface area contributed by atoms with E-state index in [0.29, 0.717) is 36.0 Å². The lowest BCUT2D eigenvalue weighted by atomic mass is 10.1. The van der Waals surface area contributed by atoms with E-state index < -0.39 is 0 Å². The minimum Gasteiger partial charge on any atom is -0.491 e. The molecule has 0 bridgehead atoms. The van der Waals surface area contributed by atoms with Gasteiger partial charge in [0.05, 0.1) is 12.3 Å². The van der Waals surface area contributed by atoms with Gasteiger partial charge in [0.1, 0.15) is 5.75 Å². The number of halogens is 1. The number of ether oxygens (including phenoxy) is 1. The molecule has 1 amide bonds. The molecule has 0 heterocycles. The van der Waals surface area contributed by atoms with E-state index in [-0.39, 0.29) is 5.91 Å². The van der Waals surface area contributed by atoms with E-state index in [4.69, 9.17) is 22.1 Å². The molecule has 0 atom stereocenters. The second-order valence-electron chi connectivity index (χ2n) is 4.99. The van der Waals surface area contributed by atoms with Gasteiger partial charge in [-0.3, -0.25) is 4.79 Å². The average Bonchev–Trinajstić information content (AvgIpc) is 2.46. The zero-order valence-corrected chi connectivity index (χ0v) is 13.4. The molecule has 0 saturated heterocycles. The van der Waals surface area contributed by atoms with E-state index >= 15 is 0 Å². The van der Waals surface area contributed by atoms with Crippen molar-refractivity contribution in [3.63, 3.8) is 0 Å². The molecule has 118 valence electrons. The maximum absolute atomic E-state index is 11.9. The van der Waals surface area contributed by atoms with Crippen LogP contribution in [0.15, 0.2) is 18.2 Å². The number of nitrogens with one attached hydrogen (secondary N) is 1. The van der Waals surface area contributed by atoms with Crippen LogP contribution >= 0.6 is 11.6 Å².